The smallest absolute Gasteiger partial charge is 0.417 e. The Hall–Kier alpha value is -3.04. The van der Waals surface area contributed by atoms with Crippen molar-refractivity contribution >= 4 is 23.6 Å². The Labute approximate surface area is 178 Å². The van der Waals surface area contributed by atoms with Gasteiger partial charge >= 0.3 is 6.09 Å². The topological polar surface area (TPSA) is 119 Å². The van der Waals surface area contributed by atoms with Gasteiger partial charge in [0.05, 0.1) is 36.8 Å². The van der Waals surface area contributed by atoms with E-state index in [1.54, 1.807) is 26.8 Å². The SMILES string of the molecule is COc1cccc2c1C(=O)C1=C(C2=O)[C@@H]2[C@@H](CC(=O)N2C(=O)OC(C)(C)C)O[C@]1(C)O. The number of hydrogen-bond acceptors (Lipinski definition) is 8. The zero-order valence-electron chi connectivity index (χ0n) is 17.8. The fourth-order valence-corrected chi connectivity index (χ4v) is 4.38. The number of imide groups is 1. The molecule has 0 saturated carbocycles. The van der Waals surface area contributed by atoms with Crippen LogP contribution in [-0.2, 0) is 14.3 Å². The van der Waals surface area contributed by atoms with Crippen molar-refractivity contribution in [3.63, 3.8) is 0 Å². The first-order valence-electron chi connectivity index (χ1n) is 9.83. The molecule has 1 aliphatic carbocycles. The maximum atomic E-state index is 13.5. The molecule has 0 unspecified atom stereocenters. The molecule has 1 N–H and O–H groups in total. The van der Waals surface area contributed by atoms with E-state index in [0.717, 1.165) is 4.90 Å². The van der Waals surface area contributed by atoms with Gasteiger partial charge in [-0.05, 0) is 33.8 Å². The number of methoxy groups -OCH3 is 1. The predicted molar refractivity (Wildman–Crippen MR) is 106 cm³/mol. The van der Waals surface area contributed by atoms with Crippen LogP contribution in [0.2, 0.25) is 0 Å². The molecule has 2 aliphatic heterocycles. The van der Waals surface area contributed by atoms with Crippen LogP contribution in [0.5, 0.6) is 5.75 Å². The van der Waals surface area contributed by atoms with E-state index in [4.69, 9.17) is 14.2 Å². The fourth-order valence-electron chi connectivity index (χ4n) is 4.38. The van der Waals surface area contributed by atoms with Crippen molar-refractivity contribution in [1.29, 1.82) is 0 Å². The van der Waals surface area contributed by atoms with Gasteiger partial charge in [-0.1, -0.05) is 12.1 Å². The molecular formula is C22H23NO8. The summed E-state index contributed by atoms with van der Waals surface area (Å²) < 4.78 is 16.3. The van der Waals surface area contributed by atoms with E-state index in [-0.39, 0.29) is 34.4 Å². The maximum absolute atomic E-state index is 13.5. The van der Waals surface area contributed by atoms with Crippen molar-refractivity contribution < 1.29 is 38.5 Å². The molecule has 3 atom stereocenters. The van der Waals surface area contributed by atoms with Gasteiger partial charge in [0, 0.05) is 11.1 Å². The molecule has 9 nitrogen and oxygen atoms in total. The quantitative estimate of drug-likeness (QED) is 0.720. The highest BCUT2D eigenvalue weighted by Gasteiger charge is 2.59. The van der Waals surface area contributed by atoms with E-state index in [1.807, 2.05) is 0 Å². The lowest BCUT2D eigenvalue weighted by Crippen LogP contribution is -2.56. The van der Waals surface area contributed by atoms with Crippen molar-refractivity contribution in [3.05, 3.63) is 40.5 Å². The van der Waals surface area contributed by atoms with Gasteiger partial charge in [-0.15, -0.1) is 0 Å². The first-order valence-corrected chi connectivity index (χ1v) is 9.83. The van der Waals surface area contributed by atoms with Crippen LogP contribution in [0.15, 0.2) is 29.3 Å². The van der Waals surface area contributed by atoms with Crippen LogP contribution >= 0.6 is 0 Å². The van der Waals surface area contributed by atoms with E-state index in [0.29, 0.717) is 0 Å². The van der Waals surface area contributed by atoms with Crippen LogP contribution in [0, 0.1) is 0 Å². The van der Waals surface area contributed by atoms with Crippen molar-refractivity contribution in [2.24, 2.45) is 0 Å². The molecule has 164 valence electrons. The van der Waals surface area contributed by atoms with Gasteiger partial charge in [0.15, 0.2) is 17.4 Å². The van der Waals surface area contributed by atoms with Gasteiger partial charge in [0.2, 0.25) is 5.91 Å². The first kappa shape index (κ1) is 21.2. The molecule has 1 aromatic rings. The maximum Gasteiger partial charge on any atom is 0.417 e. The van der Waals surface area contributed by atoms with E-state index < -0.39 is 47.1 Å². The summed E-state index contributed by atoms with van der Waals surface area (Å²) in [6.07, 6.45) is -2.19. The Kier molecular flexibility index (Phi) is 4.60. The summed E-state index contributed by atoms with van der Waals surface area (Å²) in [5.74, 6) is -3.82. The molecule has 0 bridgehead atoms. The number of carbonyl (C=O) groups is 4. The molecule has 2 amide bonds. The van der Waals surface area contributed by atoms with Gasteiger partial charge in [0.1, 0.15) is 11.4 Å². The minimum atomic E-state index is -2.13. The standard InChI is InChI=1S/C22H23NO8/c1-21(2,3)31-20(27)23-13(24)9-12-17(23)15-16(22(4,28)30-12)19(26)14-10(18(15)25)7-6-8-11(14)29-5/h6-8,12,17,28H,9H2,1-5H3/t12-,17+,22+/m1/s1. The van der Waals surface area contributed by atoms with E-state index in [2.05, 4.69) is 0 Å². The van der Waals surface area contributed by atoms with Crippen molar-refractivity contribution in [3.8, 4) is 5.75 Å². The second-order valence-corrected chi connectivity index (χ2v) is 8.86. The molecule has 1 saturated heterocycles. The molecule has 1 aromatic carbocycles. The number of amides is 2. The number of ketones is 2. The molecule has 2 heterocycles. The second kappa shape index (κ2) is 6.73. The molecule has 0 aromatic heterocycles. The molecule has 31 heavy (non-hydrogen) atoms. The number of hydrogen-bond donors (Lipinski definition) is 1. The highest BCUT2D eigenvalue weighted by molar-refractivity contribution is 6.29. The molecule has 9 heteroatoms. The number of benzene rings is 1. The Morgan fingerprint density at radius 1 is 1.23 bits per heavy atom. The molecule has 0 spiro atoms. The highest BCUT2D eigenvalue weighted by atomic mass is 16.6. The van der Waals surface area contributed by atoms with E-state index in [9.17, 15) is 24.3 Å². The summed E-state index contributed by atoms with van der Waals surface area (Å²) in [5, 5.41) is 11.0. The number of rotatable bonds is 1. The zero-order valence-corrected chi connectivity index (χ0v) is 17.8. The second-order valence-electron chi connectivity index (χ2n) is 8.86. The van der Waals surface area contributed by atoms with Crippen LogP contribution in [-0.4, -0.2) is 64.2 Å². The van der Waals surface area contributed by atoms with Crippen molar-refractivity contribution in [2.75, 3.05) is 7.11 Å². The largest absolute Gasteiger partial charge is 0.496 e. The Balaban J connectivity index is 1.91. The third-order valence-corrected chi connectivity index (χ3v) is 5.46. The van der Waals surface area contributed by atoms with Crippen molar-refractivity contribution in [2.45, 2.75) is 57.6 Å². The number of nitrogens with zero attached hydrogens (tertiary/aromatic N) is 1. The van der Waals surface area contributed by atoms with Crippen molar-refractivity contribution in [1.82, 2.24) is 4.90 Å². The lowest BCUT2D eigenvalue weighted by atomic mass is 9.75. The van der Waals surface area contributed by atoms with Crippen LogP contribution < -0.4 is 4.74 Å². The zero-order chi connectivity index (χ0) is 22.9. The summed E-state index contributed by atoms with van der Waals surface area (Å²) in [6, 6.07) is 3.38. The number of likely N-dealkylation sites (tertiary alicyclic amines) is 1. The first-order chi connectivity index (χ1) is 14.4. The summed E-state index contributed by atoms with van der Waals surface area (Å²) in [6.45, 7) is 6.18. The van der Waals surface area contributed by atoms with Crippen LogP contribution in [0.4, 0.5) is 4.79 Å². The summed E-state index contributed by atoms with van der Waals surface area (Å²) >= 11 is 0. The average molecular weight is 429 g/mol. The Morgan fingerprint density at radius 3 is 2.52 bits per heavy atom. The van der Waals surface area contributed by atoms with Crippen LogP contribution in [0.3, 0.4) is 0 Å². The third-order valence-electron chi connectivity index (χ3n) is 5.46. The fraction of sp³-hybridized carbons (Fsp3) is 0.455. The van der Waals surface area contributed by atoms with E-state index in [1.165, 1.54) is 26.2 Å². The lowest BCUT2D eigenvalue weighted by molar-refractivity contribution is -0.200. The van der Waals surface area contributed by atoms with Crippen LogP contribution in [0.25, 0.3) is 0 Å². The minimum Gasteiger partial charge on any atom is -0.496 e. The van der Waals surface area contributed by atoms with Gasteiger partial charge in [-0.2, -0.15) is 0 Å². The molecule has 1 fully saturated rings. The minimum absolute atomic E-state index is 0.00390. The summed E-state index contributed by atoms with van der Waals surface area (Å²) in [5.41, 5.74) is -1.25. The molecule has 3 aliphatic rings. The predicted octanol–water partition coefficient (Wildman–Crippen LogP) is 2.01. The summed E-state index contributed by atoms with van der Waals surface area (Å²) in [7, 11) is 1.36. The van der Waals surface area contributed by atoms with Gasteiger partial charge in [-0.25, -0.2) is 9.69 Å². The van der Waals surface area contributed by atoms with Gasteiger partial charge in [0.25, 0.3) is 0 Å². The molecule has 4 rings (SSSR count). The number of fused-ring (bicyclic) bond motifs is 3. The average Bonchev–Trinajstić information content (AvgIpc) is 2.97. The number of ether oxygens (including phenoxy) is 3. The molecule has 0 radical (unpaired) electrons. The van der Waals surface area contributed by atoms with Gasteiger partial charge < -0.3 is 19.3 Å². The number of Topliss-reactive ketones (excluding diaryl/α,β-unsaturated/α-hetero) is 2. The Bertz CT molecular complexity index is 1060. The molecular weight excluding hydrogens is 406 g/mol. The van der Waals surface area contributed by atoms with Crippen LogP contribution in [0.1, 0.15) is 54.8 Å². The van der Waals surface area contributed by atoms with Gasteiger partial charge in [-0.3, -0.25) is 14.4 Å². The summed E-state index contributed by atoms with van der Waals surface area (Å²) in [4.78, 5) is 53.3. The number of aliphatic hydroxyl groups is 1. The Morgan fingerprint density at radius 2 is 1.90 bits per heavy atom. The number of carbonyl (C=O) groups excluding carboxylic acids is 4. The normalized spacial score (nSPS) is 27.7. The highest BCUT2D eigenvalue weighted by Crippen LogP contribution is 2.46. The lowest BCUT2D eigenvalue weighted by Gasteiger charge is -2.42. The monoisotopic (exact) mass is 429 g/mol. The third kappa shape index (κ3) is 3.16. The van der Waals surface area contributed by atoms with E-state index >= 15 is 0 Å².